The summed E-state index contributed by atoms with van der Waals surface area (Å²) in [5, 5.41) is 22.1. The maximum absolute atomic E-state index is 12.6. The first-order valence-corrected chi connectivity index (χ1v) is 10.3. The Kier molecular flexibility index (Phi) is 7.10. The predicted molar refractivity (Wildman–Crippen MR) is 107 cm³/mol. The van der Waals surface area contributed by atoms with Crippen molar-refractivity contribution < 1.29 is 15.0 Å². The molecular formula is C21H33N3O3. The third-order valence-corrected chi connectivity index (χ3v) is 5.93. The molecule has 0 unspecified atom stereocenters. The molecule has 0 spiro atoms. The van der Waals surface area contributed by atoms with E-state index in [4.69, 9.17) is 0 Å². The molecule has 1 saturated carbocycles. The van der Waals surface area contributed by atoms with E-state index in [0.717, 1.165) is 64.1 Å². The molecule has 0 aromatic heterocycles. The summed E-state index contributed by atoms with van der Waals surface area (Å²) in [6.07, 6.45) is 3.36. The van der Waals surface area contributed by atoms with Crippen LogP contribution in [0.3, 0.4) is 0 Å². The van der Waals surface area contributed by atoms with Gasteiger partial charge in [-0.15, -0.1) is 0 Å². The Morgan fingerprint density at radius 1 is 1.11 bits per heavy atom. The Morgan fingerprint density at radius 3 is 2.41 bits per heavy atom. The standard InChI is InChI=1S/C21H33N3O3/c1-2-11-23-12-14-24(15-13-23)17-9-7-16(8-10-17)20(25)22-19-6-4-3-5-18(19)21(26)27/h7-10,18-19,21,26-27H,2-6,11-15H2,1H3,(H,22,25)/t18-,19+/m1/s1. The SMILES string of the molecule is CCCN1CCN(c2ccc(C(=O)N[C@H]3CCCC[C@H]3C(O)O)cc2)CC1. The summed E-state index contributed by atoms with van der Waals surface area (Å²) >= 11 is 0. The number of rotatable bonds is 6. The Morgan fingerprint density at radius 2 is 1.78 bits per heavy atom. The molecule has 2 aliphatic rings. The van der Waals surface area contributed by atoms with Crippen molar-refractivity contribution in [2.24, 2.45) is 5.92 Å². The van der Waals surface area contributed by atoms with Gasteiger partial charge in [0.05, 0.1) is 0 Å². The molecule has 3 N–H and O–H groups in total. The summed E-state index contributed by atoms with van der Waals surface area (Å²) in [5.74, 6) is -0.409. The van der Waals surface area contributed by atoms with E-state index < -0.39 is 6.29 Å². The molecule has 0 radical (unpaired) electrons. The quantitative estimate of drug-likeness (QED) is 0.661. The summed E-state index contributed by atoms with van der Waals surface area (Å²) in [4.78, 5) is 17.5. The molecule has 2 fully saturated rings. The van der Waals surface area contributed by atoms with Crippen LogP contribution in [0.2, 0.25) is 0 Å². The second kappa shape index (κ2) is 9.53. The van der Waals surface area contributed by atoms with Gasteiger partial charge in [0, 0.05) is 49.4 Å². The van der Waals surface area contributed by atoms with Crippen molar-refractivity contribution in [3.05, 3.63) is 29.8 Å². The minimum Gasteiger partial charge on any atom is -0.369 e. The average molecular weight is 376 g/mol. The fourth-order valence-electron chi connectivity index (χ4n) is 4.32. The molecule has 1 aliphatic heterocycles. The molecule has 1 aromatic carbocycles. The molecule has 150 valence electrons. The predicted octanol–water partition coefficient (Wildman–Crippen LogP) is 1.82. The molecule has 1 heterocycles. The number of benzene rings is 1. The first-order valence-electron chi connectivity index (χ1n) is 10.3. The highest BCUT2D eigenvalue weighted by molar-refractivity contribution is 5.94. The molecule has 1 aliphatic carbocycles. The van der Waals surface area contributed by atoms with Crippen LogP contribution in [0.15, 0.2) is 24.3 Å². The monoisotopic (exact) mass is 375 g/mol. The molecule has 6 heteroatoms. The number of hydrogen-bond donors (Lipinski definition) is 3. The normalized spacial score (nSPS) is 24.2. The summed E-state index contributed by atoms with van der Waals surface area (Å²) in [6, 6.07) is 7.61. The minimum atomic E-state index is -1.37. The van der Waals surface area contributed by atoms with Crippen LogP contribution in [0.5, 0.6) is 0 Å². The van der Waals surface area contributed by atoms with E-state index in [-0.39, 0.29) is 17.9 Å². The number of anilines is 1. The second-order valence-corrected chi connectivity index (χ2v) is 7.82. The lowest BCUT2D eigenvalue weighted by molar-refractivity contribution is -0.100. The lowest BCUT2D eigenvalue weighted by Crippen LogP contribution is -2.47. The molecule has 3 rings (SSSR count). The third kappa shape index (κ3) is 5.21. The van der Waals surface area contributed by atoms with Crippen molar-refractivity contribution in [3.8, 4) is 0 Å². The highest BCUT2D eigenvalue weighted by Crippen LogP contribution is 2.27. The molecule has 2 atom stereocenters. The lowest BCUT2D eigenvalue weighted by Gasteiger charge is -2.36. The number of carbonyl (C=O) groups excluding carboxylic acids is 1. The first kappa shape index (κ1) is 20.1. The van der Waals surface area contributed by atoms with Crippen molar-refractivity contribution in [1.29, 1.82) is 0 Å². The fraction of sp³-hybridized carbons (Fsp3) is 0.667. The summed E-state index contributed by atoms with van der Waals surface area (Å²) in [5.41, 5.74) is 1.78. The number of hydrogen-bond acceptors (Lipinski definition) is 5. The molecule has 6 nitrogen and oxygen atoms in total. The molecule has 1 amide bonds. The van der Waals surface area contributed by atoms with Crippen molar-refractivity contribution in [2.45, 2.75) is 51.4 Å². The van der Waals surface area contributed by atoms with Gasteiger partial charge in [0.25, 0.3) is 5.91 Å². The number of aliphatic hydroxyl groups excluding tert-OH is 1. The van der Waals surface area contributed by atoms with E-state index in [2.05, 4.69) is 22.0 Å². The molecule has 0 bridgehead atoms. The van der Waals surface area contributed by atoms with Gasteiger partial charge >= 0.3 is 0 Å². The number of nitrogens with zero attached hydrogens (tertiary/aromatic N) is 2. The van der Waals surface area contributed by atoms with Crippen LogP contribution >= 0.6 is 0 Å². The van der Waals surface area contributed by atoms with Crippen molar-refractivity contribution in [3.63, 3.8) is 0 Å². The Hall–Kier alpha value is -1.63. The van der Waals surface area contributed by atoms with Gasteiger partial charge in [-0.25, -0.2) is 0 Å². The number of piperazine rings is 1. The van der Waals surface area contributed by atoms with Gasteiger partial charge in [0.15, 0.2) is 6.29 Å². The van der Waals surface area contributed by atoms with Crippen LogP contribution in [0.4, 0.5) is 5.69 Å². The number of aliphatic hydroxyl groups is 2. The van der Waals surface area contributed by atoms with Crippen LogP contribution < -0.4 is 10.2 Å². The van der Waals surface area contributed by atoms with Crippen molar-refractivity contribution >= 4 is 11.6 Å². The molecule has 27 heavy (non-hydrogen) atoms. The molecule has 1 saturated heterocycles. The molecule has 1 aromatic rings. The van der Waals surface area contributed by atoms with Gasteiger partial charge in [0.1, 0.15) is 0 Å². The van der Waals surface area contributed by atoms with Crippen LogP contribution in [-0.4, -0.2) is 66.1 Å². The third-order valence-electron chi connectivity index (χ3n) is 5.93. The topological polar surface area (TPSA) is 76.0 Å². The van der Waals surface area contributed by atoms with Gasteiger partial charge < -0.3 is 20.4 Å². The van der Waals surface area contributed by atoms with Crippen LogP contribution in [0.1, 0.15) is 49.4 Å². The fourth-order valence-corrected chi connectivity index (χ4v) is 4.32. The van der Waals surface area contributed by atoms with Crippen LogP contribution in [-0.2, 0) is 0 Å². The number of amides is 1. The van der Waals surface area contributed by atoms with Crippen molar-refractivity contribution in [2.75, 3.05) is 37.6 Å². The molecular weight excluding hydrogens is 342 g/mol. The highest BCUT2D eigenvalue weighted by atomic mass is 16.5. The zero-order valence-corrected chi connectivity index (χ0v) is 16.3. The van der Waals surface area contributed by atoms with E-state index in [1.807, 2.05) is 24.3 Å². The van der Waals surface area contributed by atoms with E-state index in [1.54, 1.807) is 0 Å². The van der Waals surface area contributed by atoms with E-state index >= 15 is 0 Å². The number of carbonyl (C=O) groups is 1. The number of nitrogens with one attached hydrogen (secondary N) is 1. The summed E-state index contributed by atoms with van der Waals surface area (Å²) in [6.45, 7) is 7.59. The highest BCUT2D eigenvalue weighted by Gasteiger charge is 2.31. The van der Waals surface area contributed by atoms with Gasteiger partial charge in [-0.3, -0.25) is 9.69 Å². The first-order chi connectivity index (χ1) is 13.1. The summed E-state index contributed by atoms with van der Waals surface area (Å²) in [7, 11) is 0. The average Bonchev–Trinajstić information content (AvgIpc) is 2.69. The van der Waals surface area contributed by atoms with E-state index in [9.17, 15) is 15.0 Å². The van der Waals surface area contributed by atoms with Gasteiger partial charge in [-0.2, -0.15) is 0 Å². The Bertz CT molecular complexity index is 597. The smallest absolute Gasteiger partial charge is 0.251 e. The maximum atomic E-state index is 12.6. The minimum absolute atomic E-state index is 0.133. The van der Waals surface area contributed by atoms with Gasteiger partial charge in [0.2, 0.25) is 0 Å². The second-order valence-electron chi connectivity index (χ2n) is 7.82. The zero-order valence-electron chi connectivity index (χ0n) is 16.3. The Labute approximate surface area is 162 Å². The zero-order chi connectivity index (χ0) is 19.2. The summed E-state index contributed by atoms with van der Waals surface area (Å²) < 4.78 is 0. The van der Waals surface area contributed by atoms with E-state index in [0.29, 0.717) is 5.56 Å². The van der Waals surface area contributed by atoms with Gasteiger partial charge in [-0.1, -0.05) is 19.8 Å². The van der Waals surface area contributed by atoms with E-state index in [1.165, 1.54) is 6.42 Å². The largest absolute Gasteiger partial charge is 0.369 e. The maximum Gasteiger partial charge on any atom is 0.251 e. The van der Waals surface area contributed by atoms with Crippen LogP contribution in [0.25, 0.3) is 0 Å². The van der Waals surface area contributed by atoms with Crippen molar-refractivity contribution in [1.82, 2.24) is 10.2 Å². The van der Waals surface area contributed by atoms with Crippen LogP contribution in [0, 0.1) is 5.92 Å². The van der Waals surface area contributed by atoms with Gasteiger partial charge in [-0.05, 0) is 50.1 Å². The lowest BCUT2D eigenvalue weighted by atomic mass is 9.84. The Balaban J connectivity index is 1.56.